The zero-order valence-electron chi connectivity index (χ0n) is 24.9. The minimum Gasteiger partial charge on any atom is -0.465 e. The summed E-state index contributed by atoms with van der Waals surface area (Å²) in [4.78, 5) is 49.1. The van der Waals surface area contributed by atoms with Crippen LogP contribution in [0.4, 0.5) is 0 Å². The Hall–Kier alpha value is -4.79. The number of hydrogen-bond donors (Lipinski definition) is 3. The highest BCUT2D eigenvalue weighted by Crippen LogP contribution is 2.42. The van der Waals surface area contributed by atoms with Crippen molar-refractivity contribution in [1.82, 2.24) is 14.4 Å². The van der Waals surface area contributed by atoms with Crippen LogP contribution in [0.15, 0.2) is 99.8 Å². The molecule has 1 fully saturated rings. The number of azide groups is 1. The third-order valence-electron chi connectivity index (χ3n) is 7.38. The first-order valence-electron chi connectivity index (χ1n) is 14.4. The monoisotopic (exact) mass is 666 g/mol. The third kappa shape index (κ3) is 7.29. The van der Waals surface area contributed by atoms with Gasteiger partial charge in [0, 0.05) is 29.0 Å². The van der Waals surface area contributed by atoms with Gasteiger partial charge in [0.25, 0.3) is 13.7 Å². The number of fused-ring (bicyclic) bond motifs is 1. The van der Waals surface area contributed by atoms with Crippen LogP contribution in [0.1, 0.15) is 18.7 Å². The van der Waals surface area contributed by atoms with Gasteiger partial charge in [-0.05, 0) is 29.5 Å². The summed E-state index contributed by atoms with van der Waals surface area (Å²) in [5, 5.41) is 26.7. The molecule has 2 heterocycles. The van der Waals surface area contributed by atoms with Crippen LogP contribution >= 0.6 is 8.18 Å². The summed E-state index contributed by atoms with van der Waals surface area (Å²) < 4.78 is 31.5. The van der Waals surface area contributed by atoms with Crippen molar-refractivity contribution in [3.8, 4) is 5.75 Å². The molecule has 47 heavy (non-hydrogen) atoms. The van der Waals surface area contributed by atoms with Gasteiger partial charge in [-0.15, -0.1) is 0 Å². The van der Waals surface area contributed by atoms with Crippen LogP contribution < -0.4 is 16.1 Å². The van der Waals surface area contributed by atoms with E-state index >= 15 is 0 Å². The minimum atomic E-state index is -3.66. The number of carbonyl (C=O) groups is 1. The number of nitrogens with zero attached hydrogens (tertiary/aromatic N) is 5. The van der Waals surface area contributed by atoms with Crippen LogP contribution in [0.2, 0.25) is 0 Å². The first kappa shape index (κ1) is 33.6. The molecule has 3 aromatic carbocycles. The summed E-state index contributed by atoms with van der Waals surface area (Å²) in [6.45, 7) is 0.709. The predicted octanol–water partition coefficient (Wildman–Crippen LogP) is 2.82. The number of carbonyl (C=O) groups excluding carboxylic acids is 1. The number of aromatic nitrogens is 2. The molecule has 16 nitrogen and oxygen atoms in total. The average molecular weight is 667 g/mol. The summed E-state index contributed by atoms with van der Waals surface area (Å²) in [7, 11) is -3.66. The maximum Gasteiger partial charge on any atom is 0.330 e. The number of H-pyrrole nitrogens is 1. The number of ether oxygens (including phenoxy) is 2. The molecule has 4 aromatic rings. The van der Waals surface area contributed by atoms with E-state index in [2.05, 4.69) is 10.0 Å². The molecule has 0 bridgehead atoms. The molecule has 5 rings (SSSR count). The normalized spacial score (nSPS) is 22.0. The van der Waals surface area contributed by atoms with E-state index in [4.69, 9.17) is 18.8 Å². The van der Waals surface area contributed by atoms with Crippen LogP contribution in [-0.2, 0) is 29.8 Å². The fourth-order valence-electron chi connectivity index (χ4n) is 5.10. The number of rotatable bonds is 13. The minimum absolute atomic E-state index is 0.0114. The molecule has 6 atom stereocenters. The number of aliphatic hydroxyl groups is 2. The lowest BCUT2D eigenvalue weighted by Crippen LogP contribution is -2.46. The number of hydroxylamine groups is 1. The van der Waals surface area contributed by atoms with Crippen molar-refractivity contribution in [2.75, 3.05) is 13.2 Å². The standard InChI is InChI=1S/C30H31N6O10P/c1-2-43-28(40)22(17-19-9-4-3-5-10-19)36(46-23-14-8-12-20-11-6-7-13-21(20)23)47(42)44-18-30(33-34-31)26(39)25(38)27(45-30)35-16-15-24(37)32-29(35)41/h3-16,22,25-27,38-39,47H,2,17-18H2,1H3,(H,32,37,41)/t22?,25-,26+,27-,30-/m1/s1. The van der Waals surface area contributed by atoms with Crippen molar-refractivity contribution in [2.24, 2.45) is 5.11 Å². The maximum absolute atomic E-state index is 14.1. The highest BCUT2D eigenvalue weighted by molar-refractivity contribution is 7.36. The van der Waals surface area contributed by atoms with Crippen LogP contribution in [0.5, 0.6) is 5.75 Å². The van der Waals surface area contributed by atoms with Gasteiger partial charge in [0.1, 0.15) is 12.2 Å². The molecule has 246 valence electrons. The van der Waals surface area contributed by atoms with E-state index in [9.17, 15) is 34.7 Å². The molecule has 1 saturated heterocycles. The lowest BCUT2D eigenvalue weighted by atomic mass is 10.1. The fourth-order valence-corrected chi connectivity index (χ4v) is 6.18. The molecule has 1 aliphatic rings. The van der Waals surface area contributed by atoms with E-state index in [0.29, 0.717) is 10.9 Å². The zero-order valence-corrected chi connectivity index (χ0v) is 25.9. The van der Waals surface area contributed by atoms with E-state index in [-0.39, 0.29) is 18.8 Å². The van der Waals surface area contributed by atoms with Gasteiger partial charge in [0.05, 0.1) is 13.2 Å². The molecule has 2 unspecified atom stereocenters. The molecule has 0 amide bonds. The Balaban J connectivity index is 1.50. The number of nitrogens with one attached hydrogen (secondary N) is 1. The summed E-state index contributed by atoms with van der Waals surface area (Å²) in [5.74, 6) is -0.532. The van der Waals surface area contributed by atoms with Crippen LogP contribution in [0, 0.1) is 0 Å². The quantitative estimate of drug-likeness (QED) is 0.0470. The smallest absolute Gasteiger partial charge is 0.330 e. The fraction of sp³-hybridized carbons (Fsp3) is 0.300. The van der Waals surface area contributed by atoms with Gasteiger partial charge in [-0.2, -0.15) is 0 Å². The number of aromatic amines is 1. The molecular weight excluding hydrogens is 635 g/mol. The molecule has 0 radical (unpaired) electrons. The van der Waals surface area contributed by atoms with Crippen molar-refractivity contribution >= 4 is 24.9 Å². The maximum atomic E-state index is 14.1. The summed E-state index contributed by atoms with van der Waals surface area (Å²) >= 11 is 0. The van der Waals surface area contributed by atoms with E-state index in [0.717, 1.165) is 27.1 Å². The molecular formula is C30H31N6O10P. The van der Waals surface area contributed by atoms with E-state index < -0.39 is 62.2 Å². The van der Waals surface area contributed by atoms with E-state index in [1.807, 2.05) is 23.2 Å². The predicted molar refractivity (Wildman–Crippen MR) is 167 cm³/mol. The molecule has 1 aromatic heterocycles. The largest absolute Gasteiger partial charge is 0.465 e. The number of benzene rings is 3. The molecule has 1 aliphatic heterocycles. The second kappa shape index (κ2) is 14.8. The highest BCUT2D eigenvalue weighted by atomic mass is 31.1. The molecule has 0 saturated carbocycles. The number of esters is 1. The Morgan fingerprint density at radius 2 is 1.85 bits per heavy atom. The number of hydrogen-bond acceptors (Lipinski definition) is 11. The van der Waals surface area contributed by atoms with E-state index in [1.54, 1.807) is 61.5 Å². The highest BCUT2D eigenvalue weighted by Gasteiger charge is 2.56. The summed E-state index contributed by atoms with van der Waals surface area (Å²) in [6, 6.07) is 20.9. The van der Waals surface area contributed by atoms with Gasteiger partial charge in [-0.25, -0.2) is 4.79 Å². The Bertz CT molecular complexity index is 1910. The van der Waals surface area contributed by atoms with Crippen LogP contribution in [0.25, 0.3) is 21.2 Å². The van der Waals surface area contributed by atoms with Gasteiger partial charge in [-0.1, -0.05) is 76.7 Å². The summed E-state index contributed by atoms with van der Waals surface area (Å²) in [6.07, 6.45) is -4.48. The Labute approximate surface area is 267 Å². The number of aliphatic hydroxyl groups excluding tert-OH is 2. The van der Waals surface area contributed by atoms with Crippen LogP contribution in [-0.4, -0.2) is 67.8 Å². The van der Waals surface area contributed by atoms with Gasteiger partial charge in [-0.3, -0.25) is 23.7 Å². The van der Waals surface area contributed by atoms with Crippen molar-refractivity contribution in [2.45, 2.75) is 43.5 Å². The van der Waals surface area contributed by atoms with Gasteiger partial charge >= 0.3 is 11.7 Å². The third-order valence-corrected chi connectivity index (χ3v) is 8.54. The Morgan fingerprint density at radius 3 is 2.57 bits per heavy atom. The van der Waals surface area contributed by atoms with Crippen molar-refractivity contribution in [1.29, 1.82) is 0 Å². The van der Waals surface area contributed by atoms with Gasteiger partial charge in [0.15, 0.2) is 18.0 Å². The average Bonchev–Trinajstić information content (AvgIpc) is 3.31. The molecule has 0 spiro atoms. The lowest BCUT2D eigenvalue weighted by molar-refractivity contribution is -0.156. The zero-order chi connectivity index (χ0) is 33.6. The lowest BCUT2D eigenvalue weighted by Gasteiger charge is -2.31. The first-order valence-corrected chi connectivity index (χ1v) is 15.7. The second-order valence-corrected chi connectivity index (χ2v) is 11.7. The summed E-state index contributed by atoms with van der Waals surface area (Å²) in [5.41, 5.74) is 5.93. The Kier molecular flexibility index (Phi) is 10.5. The van der Waals surface area contributed by atoms with Crippen molar-refractivity contribution < 1.29 is 38.4 Å². The second-order valence-electron chi connectivity index (χ2n) is 10.4. The van der Waals surface area contributed by atoms with Crippen LogP contribution in [0.3, 0.4) is 0 Å². The SMILES string of the molecule is CCOC(=O)C(Cc1ccccc1)N(Oc1cccc2ccccc12)[PH](=O)OC[C@@]1(N=[N+]=[N-])O[C@@H](n2ccc(=O)[nH]c2=O)[C@H](O)[C@@H]1O. The Morgan fingerprint density at radius 1 is 1.13 bits per heavy atom. The van der Waals surface area contributed by atoms with Crippen molar-refractivity contribution in [3.05, 3.63) is 122 Å². The topological polar surface area (TPSA) is 218 Å². The van der Waals surface area contributed by atoms with Gasteiger partial charge < -0.3 is 29.0 Å². The molecule has 0 aliphatic carbocycles. The molecule has 17 heteroatoms. The molecule has 3 N–H and O–H groups in total. The first-order chi connectivity index (χ1) is 22.7. The van der Waals surface area contributed by atoms with Gasteiger partial charge in [0.2, 0.25) is 5.72 Å². The van der Waals surface area contributed by atoms with Crippen molar-refractivity contribution in [3.63, 3.8) is 0 Å². The van der Waals surface area contributed by atoms with E-state index in [1.165, 1.54) is 0 Å².